The van der Waals surface area contributed by atoms with Gasteiger partial charge < -0.3 is 14.8 Å². The maximum Gasteiger partial charge on any atom is 0.343 e. The van der Waals surface area contributed by atoms with Crippen molar-refractivity contribution in [2.45, 2.75) is 32.6 Å². The number of hydrogen-bond donors (Lipinski definition) is 2. The van der Waals surface area contributed by atoms with E-state index in [1.54, 1.807) is 42.5 Å². The number of nitrogens with one attached hydrogen (secondary N) is 2. The molecule has 0 fully saturated rings. The lowest BCUT2D eigenvalue weighted by Gasteiger charge is -2.09. The number of benzene rings is 2. The van der Waals surface area contributed by atoms with Gasteiger partial charge in [0.15, 0.2) is 0 Å². The summed E-state index contributed by atoms with van der Waals surface area (Å²) in [5.74, 6) is -1.67. The molecular weight excluding hydrogens is 572 g/mol. The van der Waals surface area contributed by atoms with Crippen LogP contribution < -0.4 is 20.2 Å². The molecule has 38 heavy (non-hydrogen) atoms. The van der Waals surface area contributed by atoms with Gasteiger partial charge in [0.1, 0.15) is 22.6 Å². The van der Waals surface area contributed by atoms with Crippen LogP contribution in [0.15, 0.2) is 52.0 Å². The standard InChI is InChI=1S/C27H23BrN4O5S/c1-2-36-19-10-7-16(8-11-19)27(35)37-22-12-9-18(28)13-17(22)15-30-32-25(34)24(33)31-26-21(14-29)20-5-3-4-6-23(20)38-26/h7-13,15H,2-6H2,1H3,(H,31,33)(H,32,34). The average molecular weight is 595 g/mol. The number of nitriles is 1. The van der Waals surface area contributed by atoms with Crippen LogP contribution >= 0.6 is 27.3 Å². The minimum Gasteiger partial charge on any atom is -0.494 e. The van der Waals surface area contributed by atoms with Crippen molar-refractivity contribution in [3.05, 3.63) is 74.1 Å². The van der Waals surface area contributed by atoms with E-state index in [9.17, 15) is 19.6 Å². The number of hydrogen-bond acceptors (Lipinski definition) is 8. The van der Waals surface area contributed by atoms with Gasteiger partial charge in [0.05, 0.1) is 23.9 Å². The SMILES string of the molecule is CCOc1ccc(C(=O)Oc2ccc(Br)cc2C=NNC(=O)C(=O)Nc2sc3c(c2C#N)CCCC3)cc1. The summed E-state index contributed by atoms with van der Waals surface area (Å²) in [7, 11) is 0. The lowest BCUT2D eigenvalue weighted by molar-refractivity contribution is -0.136. The van der Waals surface area contributed by atoms with Crippen molar-refractivity contribution in [3.8, 4) is 17.6 Å². The van der Waals surface area contributed by atoms with Gasteiger partial charge in [-0.15, -0.1) is 11.3 Å². The summed E-state index contributed by atoms with van der Waals surface area (Å²) in [5, 5.41) is 16.3. The number of thiophene rings is 1. The molecule has 0 unspecified atom stereocenters. The van der Waals surface area contributed by atoms with Crippen LogP contribution in [0.2, 0.25) is 0 Å². The summed E-state index contributed by atoms with van der Waals surface area (Å²) in [6.07, 6.45) is 4.95. The maximum atomic E-state index is 12.6. The van der Waals surface area contributed by atoms with Crippen molar-refractivity contribution < 1.29 is 23.9 Å². The van der Waals surface area contributed by atoms with E-state index in [4.69, 9.17) is 9.47 Å². The number of aryl methyl sites for hydroxylation is 1. The number of esters is 1. The molecule has 0 atom stereocenters. The Bertz CT molecular complexity index is 1440. The Labute approximate surface area is 231 Å². The summed E-state index contributed by atoms with van der Waals surface area (Å²) in [6.45, 7) is 2.38. The van der Waals surface area contributed by atoms with E-state index in [2.05, 4.69) is 37.8 Å². The largest absolute Gasteiger partial charge is 0.494 e. The van der Waals surface area contributed by atoms with Crippen molar-refractivity contribution in [1.29, 1.82) is 5.26 Å². The molecule has 1 aromatic heterocycles. The fraction of sp³-hybridized carbons (Fsp3) is 0.222. The Morgan fingerprint density at radius 2 is 1.89 bits per heavy atom. The highest BCUT2D eigenvalue weighted by Crippen LogP contribution is 2.37. The third-order valence-electron chi connectivity index (χ3n) is 5.66. The molecule has 1 heterocycles. The third kappa shape index (κ3) is 6.45. The van der Waals surface area contributed by atoms with Crippen LogP contribution in [0.3, 0.4) is 0 Å². The van der Waals surface area contributed by atoms with Crippen molar-refractivity contribution in [1.82, 2.24) is 5.43 Å². The van der Waals surface area contributed by atoms with E-state index in [-0.39, 0.29) is 5.75 Å². The van der Waals surface area contributed by atoms with E-state index in [0.29, 0.717) is 38.5 Å². The predicted octanol–water partition coefficient (Wildman–Crippen LogP) is 4.97. The van der Waals surface area contributed by atoms with Gasteiger partial charge in [-0.3, -0.25) is 9.59 Å². The summed E-state index contributed by atoms with van der Waals surface area (Å²) in [6, 6.07) is 13.6. The van der Waals surface area contributed by atoms with Gasteiger partial charge in [-0.1, -0.05) is 15.9 Å². The van der Waals surface area contributed by atoms with Gasteiger partial charge in [0.25, 0.3) is 0 Å². The highest BCUT2D eigenvalue weighted by molar-refractivity contribution is 9.10. The lowest BCUT2D eigenvalue weighted by atomic mass is 9.96. The first kappa shape index (κ1) is 27.0. The topological polar surface area (TPSA) is 130 Å². The van der Waals surface area contributed by atoms with Gasteiger partial charge in [-0.05, 0) is 80.6 Å². The average Bonchev–Trinajstić information content (AvgIpc) is 3.27. The number of fused-ring (bicyclic) bond motifs is 1. The first-order chi connectivity index (χ1) is 18.4. The van der Waals surface area contributed by atoms with Crippen molar-refractivity contribution in [3.63, 3.8) is 0 Å². The van der Waals surface area contributed by atoms with E-state index < -0.39 is 17.8 Å². The van der Waals surface area contributed by atoms with Crippen molar-refractivity contribution in [2.75, 3.05) is 11.9 Å². The molecule has 2 amide bonds. The first-order valence-corrected chi connectivity index (χ1v) is 13.4. The summed E-state index contributed by atoms with van der Waals surface area (Å²) in [5.41, 5.74) is 4.26. The molecule has 9 nitrogen and oxygen atoms in total. The number of hydrazone groups is 1. The van der Waals surface area contributed by atoms with Crippen LogP contribution in [-0.2, 0) is 22.4 Å². The molecule has 4 rings (SSSR count). The van der Waals surface area contributed by atoms with E-state index in [0.717, 1.165) is 36.1 Å². The minimum atomic E-state index is -1.00. The molecule has 0 spiro atoms. The fourth-order valence-electron chi connectivity index (χ4n) is 3.87. The number of carbonyl (C=O) groups is 3. The van der Waals surface area contributed by atoms with Crippen molar-refractivity contribution in [2.24, 2.45) is 5.10 Å². The Morgan fingerprint density at radius 1 is 1.13 bits per heavy atom. The molecule has 0 aliphatic heterocycles. The van der Waals surface area contributed by atoms with Crippen LogP contribution in [0, 0.1) is 11.3 Å². The smallest absolute Gasteiger partial charge is 0.343 e. The molecule has 0 bridgehead atoms. The normalized spacial score (nSPS) is 12.3. The number of amides is 2. The maximum absolute atomic E-state index is 12.6. The molecule has 2 N–H and O–H groups in total. The van der Waals surface area contributed by atoms with Crippen LogP contribution in [0.25, 0.3) is 0 Å². The zero-order chi connectivity index (χ0) is 27.1. The molecule has 2 aromatic carbocycles. The molecule has 11 heteroatoms. The van der Waals surface area contributed by atoms with E-state index in [1.807, 2.05) is 6.92 Å². The number of rotatable bonds is 7. The fourth-order valence-corrected chi connectivity index (χ4v) is 5.48. The summed E-state index contributed by atoms with van der Waals surface area (Å²) < 4.78 is 11.6. The first-order valence-electron chi connectivity index (χ1n) is 11.8. The van der Waals surface area contributed by atoms with Gasteiger partial charge in [0.2, 0.25) is 0 Å². The predicted molar refractivity (Wildman–Crippen MR) is 147 cm³/mol. The van der Waals surface area contributed by atoms with Crippen molar-refractivity contribution >= 4 is 56.3 Å². The van der Waals surface area contributed by atoms with E-state index >= 15 is 0 Å². The van der Waals surface area contributed by atoms with Crippen LogP contribution in [0.5, 0.6) is 11.5 Å². The van der Waals surface area contributed by atoms with Gasteiger partial charge in [-0.2, -0.15) is 10.4 Å². The van der Waals surface area contributed by atoms with Crippen LogP contribution in [-0.4, -0.2) is 30.6 Å². The Kier molecular flexibility index (Phi) is 8.89. The molecule has 3 aromatic rings. The number of anilines is 1. The summed E-state index contributed by atoms with van der Waals surface area (Å²) in [4.78, 5) is 38.5. The van der Waals surface area contributed by atoms with Gasteiger partial charge in [-0.25, -0.2) is 10.2 Å². The highest BCUT2D eigenvalue weighted by atomic mass is 79.9. The summed E-state index contributed by atoms with van der Waals surface area (Å²) >= 11 is 4.69. The molecular formula is C27H23BrN4O5S. The van der Waals surface area contributed by atoms with Crippen LogP contribution in [0.1, 0.15) is 51.7 Å². The highest BCUT2D eigenvalue weighted by Gasteiger charge is 2.23. The number of halogens is 1. The minimum absolute atomic E-state index is 0.206. The second kappa shape index (κ2) is 12.5. The Balaban J connectivity index is 1.40. The van der Waals surface area contributed by atoms with Crippen LogP contribution in [0.4, 0.5) is 5.00 Å². The van der Waals surface area contributed by atoms with Gasteiger partial charge in [0, 0.05) is 14.9 Å². The number of ether oxygens (including phenoxy) is 2. The Hall–Kier alpha value is -4.01. The zero-order valence-electron chi connectivity index (χ0n) is 20.4. The van der Waals surface area contributed by atoms with E-state index in [1.165, 1.54) is 17.6 Å². The third-order valence-corrected chi connectivity index (χ3v) is 7.36. The van der Waals surface area contributed by atoms with Gasteiger partial charge >= 0.3 is 17.8 Å². The second-order valence-corrected chi connectivity index (χ2v) is 10.2. The zero-order valence-corrected chi connectivity index (χ0v) is 22.8. The Morgan fingerprint density at radius 3 is 2.63 bits per heavy atom. The second-order valence-electron chi connectivity index (χ2n) is 8.21. The lowest BCUT2D eigenvalue weighted by Crippen LogP contribution is -2.32. The monoisotopic (exact) mass is 594 g/mol. The quantitative estimate of drug-likeness (QED) is 0.131. The number of nitrogens with zero attached hydrogens (tertiary/aromatic N) is 2. The molecule has 1 aliphatic carbocycles. The number of carbonyl (C=O) groups excluding carboxylic acids is 3. The molecule has 0 radical (unpaired) electrons. The molecule has 0 saturated carbocycles. The molecule has 1 aliphatic rings. The molecule has 0 saturated heterocycles. The molecule has 194 valence electrons.